The van der Waals surface area contributed by atoms with Crippen LogP contribution in [0, 0.1) is 5.92 Å². The number of carbonyl (C=O) groups is 2. The molecule has 2 aromatic carbocycles. The Hall–Kier alpha value is -4.24. The maximum absolute atomic E-state index is 14.0. The number of fused-ring (bicyclic) bond motifs is 2. The zero-order valence-corrected chi connectivity index (χ0v) is 23.8. The molecule has 206 valence electrons. The fourth-order valence-electron chi connectivity index (χ4n) is 4.71. The van der Waals surface area contributed by atoms with Crippen molar-refractivity contribution in [3.63, 3.8) is 0 Å². The Labute approximate surface area is 235 Å². The molecular formula is C31H30N2O6S. The summed E-state index contributed by atoms with van der Waals surface area (Å²) in [6.45, 7) is 7.83. The number of thiazole rings is 1. The van der Waals surface area contributed by atoms with E-state index in [2.05, 4.69) is 4.99 Å². The molecule has 9 heteroatoms. The van der Waals surface area contributed by atoms with Crippen LogP contribution < -0.4 is 19.6 Å². The van der Waals surface area contributed by atoms with Crippen LogP contribution in [0.15, 0.2) is 75.2 Å². The van der Waals surface area contributed by atoms with E-state index >= 15 is 0 Å². The summed E-state index contributed by atoms with van der Waals surface area (Å²) in [5.41, 5.74) is 3.29. The van der Waals surface area contributed by atoms with E-state index in [1.165, 1.54) is 23.0 Å². The van der Waals surface area contributed by atoms with Gasteiger partial charge >= 0.3 is 11.9 Å². The molecule has 0 saturated heterocycles. The molecule has 2 unspecified atom stereocenters. The average Bonchev–Trinajstić information content (AvgIpc) is 3.25. The zero-order valence-electron chi connectivity index (χ0n) is 23.0. The first-order valence-corrected chi connectivity index (χ1v) is 13.8. The molecule has 1 aromatic heterocycles. The van der Waals surface area contributed by atoms with E-state index < -0.39 is 18.0 Å². The number of para-hydroxylation sites is 1. The highest BCUT2D eigenvalue weighted by Crippen LogP contribution is 2.32. The van der Waals surface area contributed by atoms with Gasteiger partial charge in [0.05, 0.1) is 41.1 Å². The number of hydrogen-bond acceptors (Lipinski definition) is 8. The number of methoxy groups -OCH3 is 1. The second-order valence-electron chi connectivity index (χ2n) is 10.1. The van der Waals surface area contributed by atoms with Crippen molar-refractivity contribution in [1.82, 2.24) is 4.57 Å². The van der Waals surface area contributed by atoms with E-state index in [1.807, 2.05) is 57.2 Å². The predicted molar refractivity (Wildman–Crippen MR) is 153 cm³/mol. The average molecular weight is 559 g/mol. The van der Waals surface area contributed by atoms with Gasteiger partial charge < -0.3 is 14.2 Å². The Kier molecular flexibility index (Phi) is 7.58. The van der Waals surface area contributed by atoms with Crippen LogP contribution in [0.3, 0.4) is 0 Å². The lowest BCUT2D eigenvalue weighted by molar-refractivity contribution is -0.140. The van der Waals surface area contributed by atoms with Crippen LogP contribution in [0.1, 0.15) is 55.2 Å². The molecule has 2 aliphatic heterocycles. The number of nitrogens with zero attached hydrogens (tertiary/aromatic N) is 2. The molecule has 0 fully saturated rings. The Balaban J connectivity index is 1.65. The SMILES string of the molecule is COC(=O)c1ccc(C2C(C(=O)OCC(C)C)=C(C)N=c3sc(=CC4=Cc5ccccc5OC4C)c(=O)n32)cc1. The highest BCUT2D eigenvalue weighted by molar-refractivity contribution is 7.07. The number of aromatic nitrogens is 1. The summed E-state index contributed by atoms with van der Waals surface area (Å²) < 4.78 is 18.5. The summed E-state index contributed by atoms with van der Waals surface area (Å²) in [6.07, 6.45) is 3.60. The normalized spacial score (nSPS) is 18.4. The molecule has 0 bridgehead atoms. The van der Waals surface area contributed by atoms with Crippen molar-refractivity contribution in [3.05, 3.63) is 102 Å². The van der Waals surface area contributed by atoms with Gasteiger partial charge in [-0.15, -0.1) is 0 Å². The summed E-state index contributed by atoms with van der Waals surface area (Å²) >= 11 is 1.26. The molecule has 2 aliphatic rings. The fraction of sp³-hybridized carbons (Fsp3) is 0.290. The van der Waals surface area contributed by atoms with Crippen LogP contribution in [0.2, 0.25) is 0 Å². The van der Waals surface area contributed by atoms with Gasteiger partial charge in [-0.2, -0.15) is 0 Å². The number of benzene rings is 2. The number of rotatable bonds is 6. The van der Waals surface area contributed by atoms with Gasteiger partial charge in [0.15, 0.2) is 4.80 Å². The summed E-state index contributed by atoms with van der Waals surface area (Å²) in [5, 5.41) is 0. The Morgan fingerprint density at radius 1 is 1.12 bits per heavy atom. The Morgan fingerprint density at radius 3 is 2.55 bits per heavy atom. The van der Waals surface area contributed by atoms with Crippen molar-refractivity contribution in [2.45, 2.75) is 39.8 Å². The van der Waals surface area contributed by atoms with Crippen LogP contribution in [-0.2, 0) is 14.3 Å². The van der Waals surface area contributed by atoms with Crippen molar-refractivity contribution in [3.8, 4) is 5.75 Å². The Morgan fingerprint density at radius 2 is 1.85 bits per heavy atom. The minimum absolute atomic E-state index is 0.141. The minimum atomic E-state index is -0.778. The van der Waals surface area contributed by atoms with Crippen molar-refractivity contribution >= 4 is 35.4 Å². The first-order chi connectivity index (χ1) is 19.2. The lowest BCUT2D eigenvalue weighted by Crippen LogP contribution is -2.40. The van der Waals surface area contributed by atoms with Crippen molar-refractivity contribution in [1.29, 1.82) is 0 Å². The maximum Gasteiger partial charge on any atom is 0.338 e. The third-order valence-corrected chi connectivity index (χ3v) is 7.73. The van der Waals surface area contributed by atoms with Crippen molar-refractivity contribution < 1.29 is 23.8 Å². The molecule has 40 heavy (non-hydrogen) atoms. The smallest absolute Gasteiger partial charge is 0.338 e. The second kappa shape index (κ2) is 11.1. The lowest BCUT2D eigenvalue weighted by atomic mass is 9.95. The van der Waals surface area contributed by atoms with Crippen molar-refractivity contribution in [2.75, 3.05) is 13.7 Å². The zero-order chi connectivity index (χ0) is 28.6. The maximum atomic E-state index is 14.0. The third kappa shape index (κ3) is 5.16. The first-order valence-electron chi connectivity index (χ1n) is 13.0. The molecule has 0 amide bonds. The topological polar surface area (TPSA) is 96.2 Å². The van der Waals surface area contributed by atoms with Gasteiger partial charge in [0.25, 0.3) is 5.56 Å². The first kappa shape index (κ1) is 27.3. The molecule has 0 aliphatic carbocycles. The minimum Gasteiger partial charge on any atom is -0.485 e. The molecule has 0 spiro atoms. The van der Waals surface area contributed by atoms with Crippen LogP contribution in [0.25, 0.3) is 12.2 Å². The van der Waals surface area contributed by atoms with E-state index in [9.17, 15) is 14.4 Å². The summed E-state index contributed by atoms with van der Waals surface area (Å²) in [5.74, 6) is -0.0663. The number of allylic oxidation sites excluding steroid dienone is 1. The van der Waals surface area contributed by atoms with Gasteiger partial charge in [-0.3, -0.25) is 9.36 Å². The van der Waals surface area contributed by atoms with E-state index in [0.717, 1.165) is 16.9 Å². The largest absolute Gasteiger partial charge is 0.485 e. The number of esters is 2. The van der Waals surface area contributed by atoms with Crippen LogP contribution in [-0.4, -0.2) is 36.3 Å². The second-order valence-corrected chi connectivity index (χ2v) is 11.1. The molecule has 3 heterocycles. The molecule has 2 atom stereocenters. The van der Waals surface area contributed by atoms with E-state index in [0.29, 0.717) is 26.2 Å². The molecule has 3 aromatic rings. The van der Waals surface area contributed by atoms with Crippen LogP contribution >= 0.6 is 11.3 Å². The monoisotopic (exact) mass is 558 g/mol. The van der Waals surface area contributed by atoms with E-state index in [4.69, 9.17) is 14.2 Å². The summed E-state index contributed by atoms with van der Waals surface area (Å²) in [6, 6.07) is 13.6. The number of carbonyl (C=O) groups excluding carboxylic acids is 2. The molecule has 0 N–H and O–H groups in total. The number of ether oxygens (including phenoxy) is 3. The highest BCUT2D eigenvalue weighted by Gasteiger charge is 2.34. The van der Waals surface area contributed by atoms with Gasteiger partial charge in [0.1, 0.15) is 11.9 Å². The van der Waals surface area contributed by atoms with Gasteiger partial charge in [-0.25, -0.2) is 14.6 Å². The molecule has 0 radical (unpaired) electrons. The van der Waals surface area contributed by atoms with Crippen LogP contribution in [0.4, 0.5) is 0 Å². The number of hydrogen-bond donors (Lipinski definition) is 0. The molecular weight excluding hydrogens is 528 g/mol. The Bertz CT molecular complexity index is 1730. The van der Waals surface area contributed by atoms with Gasteiger partial charge in [0.2, 0.25) is 0 Å². The highest BCUT2D eigenvalue weighted by atomic mass is 32.1. The molecule has 0 saturated carbocycles. The quantitative estimate of drug-likeness (QED) is 0.424. The van der Waals surface area contributed by atoms with E-state index in [1.54, 1.807) is 31.2 Å². The van der Waals surface area contributed by atoms with Crippen LogP contribution in [0.5, 0.6) is 5.75 Å². The third-order valence-electron chi connectivity index (χ3n) is 6.75. The molecule has 8 nitrogen and oxygen atoms in total. The van der Waals surface area contributed by atoms with Gasteiger partial charge in [-0.1, -0.05) is 55.5 Å². The summed E-state index contributed by atoms with van der Waals surface area (Å²) in [4.78, 5) is 44.5. The standard InChI is InChI=1S/C31H30N2O6S/c1-17(2)16-38-30(36)26-18(3)32-31-33(27(26)20-10-12-21(13-11-20)29(35)37-5)28(34)25(40-31)15-23-14-22-8-6-7-9-24(22)39-19(23)4/h6-15,17,19,27H,16H2,1-5H3. The molecule has 5 rings (SSSR count). The lowest BCUT2D eigenvalue weighted by Gasteiger charge is -2.25. The van der Waals surface area contributed by atoms with E-state index in [-0.39, 0.29) is 29.8 Å². The van der Waals surface area contributed by atoms with Gasteiger partial charge in [0, 0.05) is 5.56 Å². The predicted octanol–water partition coefficient (Wildman–Crippen LogP) is 4.04. The van der Waals surface area contributed by atoms with Crippen molar-refractivity contribution in [2.24, 2.45) is 10.9 Å². The fourth-order valence-corrected chi connectivity index (χ4v) is 5.76. The van der Waals surface area contributed by atoms with Gasteiger partial charge in [-0.05, 0) is 61.3 Å². The summed E-state index contributed by atoms with van der Waals surface area (Å²) in [7, 11) is 1.31.